The first kappa shape index (κ1) is 16.9. The van der Waals surface area contributed by atoms with E-state index >= 15 is 0 Å². The van der Waals surface area contributed by atoms with E-state index in [0.717, 1.165) is 15.6 Å². The monoisotopic (exact) mass is 396 g/mol. The minimum Gasteiger partial charge on any atom is -0.439 e. The molecule has 1 heterocycles. The van der Waals surface area contributed by atoms with Crippen LogP contribution in [0, 0.1) is 0 Å². The van der Waals surface area contributed by atoms with Gasteiger partial charge in [0.2, 0.25) is 5.89 Å². The second-order valence-corrected chi connectivity index (χ2v) is 6.29. The van der Waals surface area contributed by atoms with E-state index in [-0.39, 0.29) is 5.75 Å². The summed E-state index contributed by atoms with van der Waals surface area (Å²) in [5.41, 5.74) is 2.18. The zero-order valence-corrected chi connectivity index (χ0v) is 14.5. The molecule has 7 heteroatoms. The van der Waals surface area contributed by atoms with E-state index in [1.54, 1.807) is 12.1 Å². The number of alkyl halides is 2. The Morgan fingerprint density at radius 3 is 2.75 bits per heavy atom. The number of para-hydroxylation sites is 2. The van der Waals surface area contributed by atoms with Crippen molar-refractivity contribution >= 4 is 27.0 Å². The minimum absolute atomic E-state index is 0.164. The fraction of sp³-hybridized carbons (Fsp3) is 0.235. The lowest BCUT2D eigenvalue weighted by Gasteiger charge is -2.17. The first-order chi connectivity index (χ1) is 11.5. The lowest BCUT2D eigenvalue weighted by atomic mass is 10.2. The van der Waals surface area contributed by atoms with Gasteiger partial charge in [-0.3, -0.25) is 4.90 Å². The zero-order chi connectivity index (χ0) is 17.1. The summed E-state index contributed by atoms with van der Waals surface area (Å²) in [5, 5.41) is 0. The average molecular weight is 397 g/mol. The Kier molecular flexibility index (Phi) is 5.11. The van der Waals surface area contributed by atoms with Gasteiger partial charge in [-0.05, 0) is 37.4 Å². The summed E-state index contributed by atoms with van der Waals surface area (Å²) in [6.07, 6.45) is 0. The highest BCUT2D eigenvalue weighted by molar-refractivity contribution is 9.10. The first-order valence-electron chi connectivity index (χ1n) is 7.27. The summed E-state index contributed by atoms with van der Waals surface area (Å²) in [6.45, 7) is -1.98. The van der Waals surface area contributed by atoms with Gasteiger partial charge in [0.1, 0.15) is 11.3 Å². The van der Waals surface area contributed by atoms with Crippen LogP contribution < -0.4 is 4.74 Å². The lowest BCUT2D eigenvalue weighted by molar-refractivity contribution is -0.0507. The summed E-state index contributed by atoms with van der Waals surface area (Å²) in [5.74, 6) is 0.739. The maximum absolute atomic E-state index is 12.5. The van der Waals surface area contributed by atoms with Crippen molar-refractivity contribution in [2.45, 2.75) is 19.7 Å². The van der Waals surface area contributed by atoms with E-state index in [1.807, 2.05) is 36.2 Å². The van der Waals surface area contributed by atoms with Gasteiger partial charge in [-0.15, -0.1) is 0 Å². The average Bonchev–Trinajstić information content (AvgIpc) is 2.91. The summed E-state index contributed by atoms with van der Waals surface area (Å²) in [6, 6.07) is 12.5. The number of oxazole rings is 1. The van der Waals surface area contributed by atoms with Gasteiger partial charge in [0.25, 0.3) is 0 Å². The molecule has 126 valence electrons. The molecule has 0 saturated carbocycles. The van der Waals surface area contributed by atoms with Crippen LogP contribution in [0.4, 0.5) is 8.78 Å². The fourth-order valence-electron chi connectivity index (χ4n) is 2.45. The van der Waals surface area contributed by atoms with Gasteiger partial charge in [0.05, 0.1) is 6.54 Å². The normalized spacial score (nSPS) is 11.6. The number of halogens is 3. The molecule has 0 atom stereocenters. The second kappa shape index (κ2) is 7.27. The summed E-state index contributed by atoms with van der Waals surface area (Å²) in [4.78, 5) is 6.34. The molecule has 4 nitrogen and oxygen atoms in total. The van der Waals surface area contributed by atoms with Gasteiger partial charge in [-0.2, -0.15) is 8.78 Å². The van der Waals surface area contributed by atoms with Crippen LogP contribution in [0.25, 0.3) is 11.1 Å². The largest absolute Gasteiger partial charge is 0.439 e. The first-order valence-corrected chi connectivity index (χ1v) is 8.07. The van der Waals surface area contributed by atoms with Crippen molar-refractivity contribution in [1.29, 1.82) is 0 Å². The Hall–Kier alpha value is -1.99. The Morgan fingerprint density at radius 2 is 2.00 bits per heavy atom. The Balaban J connectivity index is 1.74. The minimum atomic E-state index is -2.85. The molecular formula is C17H15BrF2N2O2. The quantitative estimate of drug-likeness (QED) is 0.598. The van der Waals surface area contributed by atoms with Crippen molar-refractivity contribution in [3.05, 3.63) is 58.4 Å². The maximum atomic E-state index is 12.5. The van der Waals surface area contributed by atoms with Crippen molar-refractivity contribution in [2.75, 3.05) is 7.05 Å². The van der Waals surface area contributed by atoms with Gasteiger partial charge in [-0.1, -0.05) is 28.1 Å². The molecule has 24 heavy (non-hydrogen) atoms. The summed E-state index contributed by atoms with van der Waals surface area (Å²) >= 11 is 3.35. The molecule has 0 amide bonds. The number of aromatic nitrogens is 1. The van der Waals surface area contributed by atoms with Gasteiger partial charge >= 0.3 is 6.61 Å². The van der Waals surface area contributed by atoms with E-state index in [0.29, 0.717) is 24.5 Å². The highest BCUT2D eigenvalue weighted by Crippen LogP contribution is 2.26. The van der Waals surface area contributed by atoms with Crippen molar-refractivity contribution in [1.82, 2.24) is 9.88 Å². The molecule has 3 rings (SSSR count). The van der Waals surface area contributed by atoms with E-state index < -0.39 is 6.61 Å². The van der Waals surface area contributed by atoms with Crippen molar-refractivity contribution in [3.63, 3.8) is 0 Å². The van der Waals surface area contributed by atoms with E-state index in [2.05, 4.69) is 25.7 Å². The predicted molar refractivity (Wildman–Crippen MR) is 90.0 cm³/mol. The molecule has 1 aromatic heterocycles. The van der Waals surface area contributed by atoms with Crippen LogP contribution in [0.15, 0.2) is 51.4 Å². The van der Waals surface area contributed by atoms with Crippen LogP contribution in [0.3, 0.4) is 0 Å². The van der Waals surface area contributed by atoms with Crippen LogP contribution in [-0.2, 0) is 13.1 Å². The van der Waals surface area contributed by atoms with E-state index in [1.165, 1.54) is 6.07 Å². The third kappa shape index (κ3) is 4.10. The molecule has 0 N–H and O–H groups in total. The molecule has 0 aliphatic carbocycles. The zero-order valence-electron chi connectivity index (χ0n) is 12.9. The molecule has 0 bridgehead atoms. The smallest absolute Gasteiger partial charge is 0.387 e. The predicted octanol–water partition coefficient (Wildman–Crippen LogP) is 4.82. The number of ether oxygens (including phenoxy) is 1. The number of benzene rings is 2. The third-order valence-corrected chi connectivity index (χ3v) is 3.92. The molecule has 0 saturated heterocycles. The van der Waals surface area contributed by atoms with E-state index in [4.69, 9.17) is 4.42 Å². The molecule has 0 aliphatic heterocycles. The van der Waals surface area contributed by atoms with Crippen LogP contribution in [0.2, 0.25) is 0 Å². The van der Waals surface area contributed by atoms with Crippen LogP contribution in [-0.4, -0.2) is 23.5 Å². The van der Waals surface area contributed by atoms with Gasteiger partial charge in [0.15, 0.2) is 5.58 Å². The molecule has 3 aromatic rings. The number of hydrogen-bond acceptors (Lipinski definition) is 4. The van der Waals surface area contributed by atoms with Crippen LogP contribution in [0.1, 0.15) is 11.5 Å². The third-order valence-electron chi connectivity index (χ3n) is 3.42. The van der Waals surface area contributed by atoms with Crippen LogP contribution in [0.5, 0.6) is 5.75 Å². The number of nitrogens with zero attached hydrogens (tertiary/aromatic N) is 2. The Labute approximate surface area is 146 Å². The number of rotatable bonds is 6. The van der Waals surface area contributed by atoms with Gasteiger partial charge < -0.3 is 9.15 Å². The Bertz CT molecular complexity index is 805. The Morgan fingerprint density at radius 1 is 1.21 bits per heavy atom. The van der Waals surface area contributed by atoms with Crippen LogP contribution >= 0.6 is 15.9 Å². The molecule has 0 spiro atoms. The fourth-order valence-corrected chi connectivity index (χ4v) is 2.86. The summed E-state index contributed by atoms with van der Waals surface area (Å²) < 4.78 is 36.1. The SMILES string of the molecule is CN(Cc1nc2ccccc2o1)Cc1cc(Br)ccc1OC(F)F. The molecular weight excluding hydrogens is 382 g/mol. The second-order valence-electron chi connectivity index (χ2n) is 5.38. The lowest BCUT2D eigenvalue weighted by Crippen LogP contribution is -2.18. The molecule has 0 radical (unpaired) electrons. The standard InChI is InChI=1S/C17H15BrF2N2O2/c1-22(10-16-21-13-4-2-3-5-15(13)23-16)9-11-8-12(18)6-7-14(11)24-17(19)20/h2-8,17H,9-10H2,1H3. The number of hydrogen-bond donors (Lipinski definition) is 0. The van der Waals surface area contributed by atoms with Crippen molar-refractivity contribution in [3.8, 4) is 5.75 Å². The van der Waals surface area contributed by atoms with Gasteiger partial charge in [0, 0.05) is 16.6 Å². The van der Waals surface area contributed by atoms with Crippen molar-refractivity contribution in [2.24, 2.45) is 0 Å². The van der Waals surface area contributed by atoms with E-state index in [9.17, 15) is 8.78 Å². The van der Waals surface area contributed by atoms with Gasteiger partial charge in [-0.25, -0.2) is 4.98 Å². The molecule has 2 aromatic carbocycles. The highest BCUT2D eigenvalue weighted by Gasteiger charge is 2.14. The molecule has 0 fully saturated rings. The van der Waals surface area contributed by atoms with Crippen molar-refractivity contribution < 1.29 is 17.9 Å². The topological polar surface area (TPSA) is 38.5 Å². The highest BCUT2D eigenvalue weighted by atomic mass is 79.9. The molecule has 0 aliphatic rings. The molecule has 0 unspecified atom stereocenters. The maximum Gasteiger partial charge on any atom is 0.387 e. The summed E-state index contributed by atoms with van der Waals surface area (Å²) in [7, 11) is 1.86. The number of fused-ring (bicyclic) bond motifs is 1.